The van der Waals surface area contributed by atoms with Crippen molar-refractivity contribution in [2.75, 3.05) is 31.3 Å². The van der Waals surface area contributed by atoms with E-state index < -0.39 is 0 Å². The summed E-state index contributed by atoms with van der Waals surface area (Å²) < 4.78 is 7.33. The van der Waals surface area contributed by atoms with Crippen molar-refractivity contribution in [2.24, 2.45) is 0 Å². The van der Waals surface area contributed by atoms with E-state index >= 15 is 0 Å². The first-order valence-corrected chi connectivity index (χ1v) is 11.5. The molecule has 1 amide bonds. The fourth-order valence-electron chi connectivity index (χ4n) is 3.57. The molecule has 0 atom stereocenters. The van der Waals surface area contributed by atoms with Crippen LogP contribution >= 0.6 is 23.4 Å². The molecule has 1 fully saturated rings. The number of thioether (sulfide) groups is 1. The minimum absolute atomic E-state index is 0.172. The number of amides is 1. The van der Waals surface area contributed by atoms with Crippen LogP contribution in [0.5, 0.6) is 5.75 Å². The van der Waals surface area contributed by atoms with Crippen LogP contribution in [0.25, 0.3) is 5.69 Å². The largest absolute Gasteiger partial charge is 0.495 e. The molecule has 1 aliphatic rings. The molecule has 0 spiro atoms. The smallest absolute Gasteiger partial charge is 0.234 e. The molecule has 0 saturated carbocycles. The van der Waals surface area contributed by atoms with E-state index in [0.29, 0.717) is 21.6 Å². The normalized spacial score (nSPS) is 14.0. The molecular weight excluding hydrogens is 434 g/mol. The van der Waals surface area contributed by atoms with Gasteiger partial charge >= 0.3 is 0 Å². The molecule has 31 heavy (non-hydrogen) atoms. The van der Waals surface area contributed by atoms with Crippen LogP contribution in [-0.2, 0) is 11.3 Å². The number of anilines is 1. The van der Waals surface area contributed by atoms with Crippen LogP contribution in [0, 0.1) is 0 Å². The molecule has 162 valence electrons. The summed E-state index contributed by atoms with van der Waals surface area (Å²) >= 11 is 7.40. The van der Waals surface area contributed by atoms with Crippen LogP contribution in [0.15, 0.2) is 53.7 Å². The van der Waals surface area contributed by atoms with Gasteiger partial charge in [0, 0.05) is 10.7 Å². The highest BCUT2D eigenvalue weighted by molar-refractivity contribution is 7.99. The first kappa shape index (κ1) is 21.7. The Hall–Kier alpha value is -2.55. The number of para-hydroxylation sites is 1. The van der Waals surface area contributed by atoms with Crippen LogP contribution < -0.4 is 10.1 Å². The molecular formula is C22H24ClN5O2S. The number of aromatic nitrogens is 3. The molecule has 0 bridgehead atoms. The van der Waals surface area contributed by atoms with Crippen molar-refractivity contribution in [3.05, 3.63) is 59.4 Å². The van der Waals surface area contributed by atoms with Crippen LogP contribution in [0.1, 0.15) is 18.7 Å². The van der Waals surface area contributed by atoms with Crippen molar-refractivity contribution >= 4 is 35.0 Å². The predicted octanol–water partition coefficient (Wildman–Crippen LogP) is 4.26. The molecule has 3 aromatic rings. The Morgan fingerprint density at radius 2 is 1.94 bits per heavy atom. The van der Waals surface area contributed by atoms with Crippen molar-refractivity contribution in [1.29, 1.82) is 0 Å². The number of likely N-dealkylation sites (tertiary alicyclic amines) is 1. The third-order valence-corrected chi connectivity index (χ3v) is 6.21. The quantitative estimate of drug-likeness (QED) is 0.510. The fraction of sp³-hybridized carbons (Fsp3) is 0.318. The number of rotatable bonds is 8. The predicted molar refractivity (Wildman–Crippen MR) is 123 cm³/mol. The highest BCUT2D eigenvalue weighted by Crippen LogP contribution is 2.28. The third-order valence-electron chi connectivity index (χ3n) is 5.05. The number of nitrogens with one attached hydrogen (secondary N) is 1. The Bertz CT molecular complexity index is 1040. The summed E-state index contributed by atoms with van der Waals surface area (Å²) in [5.41, 5.74) is 1.53. The van der Waals surface area contributed by atoms with Gasteiger partial charge in [0.25, 0.3) is 0 Å². The second kappa shape index (κ2) is 10.2. The molecule has 1 saturated heterocycles. The Labute approximate surface area is 190 Å². The van der Waals surface area contributed by atoms with Gasteiger partial charge in [0.15, 0.2) is 11.0 Å². The Morgan fingerprint density at radius 3 is 2.68 bits per heavy atom. The van der Waals surface area contributed by atoms with E-state index in [0.717, 1.165) is 31.1 Å². The SMILES string of the molecule is COc1ccc(Cl)cc1NC(=O)CSc1nnc(CN2CCCC2)n1-c1ccccc1. The fourth-order valence-corrected chi connectivity index (χ4v) is 4.51. The van der Waals surface area contributed by atoms with Crippen LogP contribution in [0.3, 0.4) is 0 Å². The number of benzene rings is 2. The molecule has 2 aromatic carbocycles. The number of carbonyl (C=O) groups is 1. The molecule has 2 heterocycles. The summed E-state index contributed by atoms with van der Waals surface area (Å²) in [5.74, 6) is 1.45. The highest BCUT2D eigenvalue weighted by atomic mass is 35.5. The minimum Gasteiger partial charge on any atom is -0.495 e. The summed E-state index contributed by atoms with van der Waals surface area (Å²) in [4.78, 5) is 15.0. The van der Waals surface area contributed by atoms with E-state index in [1.165, 1.54) is 24.6 Å². The first-order chi connectivity index (χ1) is 15.1. The lowest BCUT2D eigenvalue weighted by molar-refractivity contribution is -0.113. The van der Waals surface area contributed by atoms with E-state index in [2.05, 4.69) is 20.4 Å². The number of halogens is 1. The molecule has 9 heteroatoms. The number of methoxy groups -OCH3 is 1. The summed E-state index contributed by atoms with van der Waals surface area (Å²) in [7, 11) is 1.55. The number of hydrogen-bond donors (Lipinski definition) is 1. The van der Waals surface area contributed by atoms with Gasteiger partial charge in [-0.25, -0.2) is 0 Å². The van der Waals surface area contributed by atoms with Gasteiger partial charge in [-0.1, -0.05) is 41.6 Å². The maximum absolute atomic E-state index is 12.6. The maximum atomic E-state index is 12.6. The maximum Gasteiger partial charge on any atom is 0.234 e. The molecule has 7 nitrogen and oxygen atoms in total. The monoisotopic (exact) mass is 457 g/mol. The van der Waals surface area contributed by atoms with E-state index in [9.17, 15) is 4.79 Å². The zero-order valence-electron chi connectivity index (χ0n) is 17.3. The topological polar surface area (TPSA) is 72.3 Å². The van der Waals surface area contributed by atoms with Gasteiger partial charge in [-0.2, -0.15) is 0 Å². The second-order valence-electron chi connectivity index (χ2n) is 7.23. The van der Waals surface area contributed by atoms with E-state index in [1.807, 2.05) is 34.9 Å². The highest BCUT2D eigenvalue weighted by Gasteiger charge is 2.20. The van der Waals surface area contributed by atoms with Gasteiger partial charge in [0.2, 0.25) is 5.91 Å². The van der Waals surface area contributed by atoms with Gasteiger partial charge in [0.05, 0.1) is 25.1 Å². The lowest BCUT2D eigenvalue weighted by Gasteiger charge is -2.16. The van der Waals surface area contributed by atoms with Crippen LogP contribution in [-0.4, -0.2) is 51.5 Å². The third kappa shape index (κ3) is 5.39. The van der Waals surface area contributed by atoms with Crippen molar-refractivity contribution in [2.45, 2.75) is 24.5 Å². The van der Waals surface area contributed by atoms with Gasteiger partial charge in [-0.3, -0.25) is 14.3 Å². The summed E-state index contributed by atoms with van der Waals surface area (Å²) in [6.07, 6.45) is 2.43. The molecule has 1 N–H and O–H groups in total. The summed E-state index contributed by atoms with van der Waals surface area (Å²) in [5, 5.41) is 12.9. The van der Waals surface area contributed by atoms with Crippen LogP contribution in [0.2, 0.25) is 5.02 Å². The van der Waals surface area contributed by atoms with Gasteiger partial charge in [-0.05, 0) is 56.3 Å². The average Bonchev–Trinajstić information content (AvgIpc) is 3.43. The Kier molecular flexibility index (Phi) is 7.11. The summed E-state index contributed by atoms with van der Waals surface area (Å²) in [6, 6.07) is 15.1. The lowest BCUT2D eigenvalue weighted by atomic mass is 10.3. The van der Waals surface area contributed by atoms with Crippen molar-refractivity contribution in [1.82, 2.24) is 19.7 Å². The van der Waals surface area contributed by atoms with Gasteiger partial charge in [0.1, 0.15) is 5.75 Å². The number of nitrogens with zero attached hydrogens (tertiary/aromatic N) is 4. The van der Waals surface area contributed by atoms with Gasteiger partial charge < -0.3 is 10.1 Å². The number of ether oxygens (including phenoxy) is 1. The van der Waals surface area contributed by atoms with E-state index in [-0.39, 0.29) is 11.7 Å². The van der Waals surface area contributed by atoms with Crippen molar-refractivity contribution in [3.63, 3.8) is 0 Å². The molecule has 1 aromatic heterocycles. The zero-order chi connectivity index (χ0) is 21.6. The zero-order valence-corrected chi connectivity index (χ0v) is 18.8. The van der Waals surface area contributed by atoms with Crippen molar-refractivity contribution < 1.29 is 9.53 Å². The minimum atomic E-state index is -0.172. The first-order valence-electron chi connectivity index (χ1n) is 10.1. The van der Waals surface area contributed by atoms with E-state index in [1.54, 1.807) is 25.3 Å². The second-order valence-corrected chi connectivity index (χ2v) is 8.61. The van der Waals surface area contributed by atoms with Crippen molar-refractivity contribution in [3.8, 4) is 11.4 Å². The van der Waals surface area contributed by atoms with E-state index in [4.69, 9.17) is 16.3 Å². The van der Waals surface area contributed by atoms with Crippen LogP contribution in [0.4, 0.5) is 5.69 Å². The molecule has 0 unspecified atom stereocenters. The summed E-state index contributed by atoms with van der Waals surface area (Å²) in [6.45, 7) is 2.90. The average molecular weight is 458 g/mol. The number of carbonyl (C=O) groups excluding carboxylic acids is 1. The lowest BCUT2D eigenvalue weighted by Crippen LogP contribution is -2.21. The number of hydrogen-bond acceptors (Lipinski definition) is 6. The Balaban J connectivity index is 1.49. The molecule has 1 aliphatic heterocycles. The molecule has 0 radical (unpaired) electrons. The molecule has 0 aliphatic carbocycles. The standard InChI is InChI=1S/C22H24ClN5O2S/c1-30-19-10-9-16(23)13-18(19)24-21(29)15-31-22-26-25-20(14-27-11-5-6-12-27)28(22)17-7-3-2-4-8-17/h2-4,7-10,13H,5-6,11-12,14-15H2,1H3,(H,24,29). The Morgan fingerprint density at radius 1 is 1.16 bits per heavy atom. The van der Waals surface area contributed by atoms with Gasteiger partial charge in [-0.15, -0.1) is 10.2 Å². The molecule has 4 rings (SSSR count).